The number of nitrogens with one attached hydrogen (secondary N) is 1. The Bertz CT molecular complexity index is 624. The topological polar surface area (TPSA) is 29.1 Å². The van der Waals surface area contributed by atoms with E-state index in [1.165, 1.54) is 11.1 Å². The van der Waals surface area contributed by atoms with Crippen LogP contribution in [0.4, 0.5) is 0 Å². The number of hydrogen-bond donors (Lipinski definition) is 1. The first-order valence-electron chi connectivity index (χ1n) is 7.36. The smallest absolute Gasteiger partial charge is 0.0551 e. The molecule has 0 amide bonds. The number of aryl methyl sites for hydroxylation is 2. The molecule has 0 spiro atoms. The summed E-state index contributed by atoms with van der Waals surface area (Å²) >= 11 is 0. The van der Waals surface area contributed by atoms with E-state index in [1.54, 1.807) is 0 Å². The molecule has 2 aromatic rings. The zero-order valence-electron chi connectivity index (χ0n) is 12.9. The molecule has 0 saturated carbocycles. The van der Waals surface area contributed by atoms with Gasteiger partial charge in [0.2, 0.25) is 0 Å². The summed E-state index contributed by atoms with van der Waals surface area (Å²) in [5.41, 5.74) is 3.57. The van der Waals surface area contributed by atoms with E-state index in [0.717, 1.165) is 17.0 Å². The van der Waals surface area contributed by atoms with Crippen molar-refractivity contribution in [2.24, 2.45) is 0 Å². The monoisotopic (exact) mass is 301 g/mol. The van der Waals surface area contributed by atoms with E-state index in [9.17, 15) is 4.21 Å². The van der Waals surface area contributed by atoms with E-state index in [0.29, 0.717) is 5.75 Å². The van der Waals surface area contributed by atoms with Crippen molar-refractivity contribution in [3.63, 3.8) is 0 Å². The van der Waals surface area contributed by atoms with Crippen LogP contribution < -0.4 is 5.32 Å². The molecule has 0 aliphatic rings. The third-order valence-electron chi connectivity index (χ3n) is 3.67. The van der Waals surface area contributed by atoms with Crippen LogP contribution in [-0.4, -0.2) is 16.5 Å². The molecule has 1 N–H and O–H groups in total. The minimum Gasteiger partial charge on any atom is -0.309 e. The van der Waals surface area contributed by atoms with Gasteiger partial charge in [0.05, 0.1) is 10.8 Å². The lowest BCUT2D eigenvalue weighted by atomic mass is 10.0. The largest absolute Gasteiger partial charge is 0.309 e. The molecule has 0 fully saturated rings. The third kappa shape index (κ3) is 4.02. The van der Waals surface area contributed by atoms with Crippen LogP contribution in [0.2, 0.25) is 0 Å². The Morgan fingerprint density at radius 1 is 1.00 bits per heavy atom. The summed E-state index contributed by atoms with van der Waals surface area (Å²) in [6, 6.07) is 16.4. The predicted octanol–water partition coefficient (Wildman–Crippen LogP) is 3.76. The minimum absolute atomic E-state index is 0.122. The molecule has 2 unspecified atom stereocenters. The molecule has 112 valence electrons. The standard InChI is InChI=1S/C18H23NOS/c1-4-19-17(16-11-7-5-9-14(16)2)13-21(20)18-12-8-6-10-15(18)3/h5-12,17,19H,4,13H2,1-3H3. The molecule has 0 heterocycles. The maximum atomic E-state index is 12.7. The van der Waals surface area contributed by atoms with Crippen molar-refractivity contribution in [1.29, 1.82) is 0 Å². The van der Waals surface area contributed by atoms with E-state index < -0.39 is 10.8 Å². The average Bonchev–Trinajstić information content (AvgIpc) is 2.47. The zero-order valence-corrected chi connectivity index (χ0v) is 13.7. The van der Waals surface area contributed by atoms with E-state index >= 15 is 0 Å². The van der Waals surface area contributed by atoms with Crippen LogP contribution in [-0.2, 0) is 10.8 Å². The van der Waals surface area contributed by atoms with Gasteiger partial charge in [-0.05, 0) is 43.1 Å². The summed E-state index contributed by atoms with van der Waals surface area (Å²) in [5.74, 6) is 0.601. The van der Waals surface area contributed by atoms with E-state index in [2.05, 4.69) is 31.3 Å². The van der Waals surface area contributed by atoms with Gasteiger partial charge in [-0.25, -0.2) is 0 Å². The van der Waals surface area contributed by atoms with Crippen LogP contribution in [0.3, 0.4) is 0 Å². The van der Waals surface area contributed by atoms with Gasteiger partial charge in [0.1, 0.15) is 0 Å². The Balaban J connectivity index is 2.23. The van der Waals surface area contributed by atoms with Gasteiger partial charge in [0, 0.05) is 16.7 Å². The fourth-order valence-electron chi connectivity index (χ4n) is 2.54. The third-order valence-corrected chi connectivity index (χ3v) is 5.26. The molecule has 2 rings (SSSR count). The molecule has 2 nitrogen and oxygen atoms in total. The van der Waals surface area contributed by atoms with Gasteiger partial charge in [-0.2, -0.15) is 0 Å². The first-order valence-corrected chi connectivity index (χ1v) is 8.68. The highest BCUT2D eigenvalue weighted by Crippen LogP contribution is 2.22. The highest BCUT2D eigenvalue weighted by molar-refractivity contribution is 7.85. The Labute approximate surface area is 130 Å². The van der Waals surface area contributed by atoms with Crippen molar-refractivity contribution < 1.29 is 4.21 Å². The summed E-state index contributed by atoms with van der Waals surface area (Å²) in [7, 11) is -0.998. The Morgan fingerprint density at radius 2 is 1.62 bits per heavy atom. The van der Waals surface area contributed by atoms with Crippen LogP contribution in [0.15, 0.2) is 53.4 Å². The molecule has 0 radical (unpaired) electrons. The lowest BCUT2D eigenvalue weighted by Crippen LogP contribution is -2.27. The van der Waals surface area contributed by atoms with Crippen molar-refractivity contribution in [3.8, 4) is 0 Å². The fourth-order valence-corrected chi connectivity index (χ4v) is 3.97. The molecule has 21 heavy (non-hydrogen) atoms. The summed E-state index contributed by atoms with van der Waals surface area (Å²) in [6.45, 7) is 7.07. The van der Waals surface area contributed by atoms with E-state index in [4.69, 9.17) is 0 Å². The molecule has 3 heteroatoms. The summed E-state index contributed by atoms with van der Waals surface area (Å²) in [6.07, 6.45) is 0. The van der Waals surface area contributed by atoms with Gasteiger partial charge in [-0.1, -0.05) is 49.4 Å². The van der Waals surface area contributed by atoms with Gasteiger partial charge in [-0.15, -0.1) is 0 Å². The van der Waals surface area contributed by atoms with Crippen molar-refractivity contribution in [2.45, 2.75) is 31.7 Å². The van der Waals surface area contributed by atoms with Crippen LogP contribution in [0.5, 0.6) is 0 Å². The summed E-state index contributed by atoms with van der Waals surface area (Å²) in [4.78, 5) is 0.939. The molecule has 0 aromatic heterocycles. The fraction of sp³-hybridized carbons (Fsp3) is 0.333. The highest BCUT2D eigenvalue weighted by atomic mass is 32.2. The maximum Gasteiger partial charge on any atom is 0.0551 e. The lowest BCUT2D eigenvalue weighted by Gasteiger charge is -2.20. The molecule has 2 atom stereocenters. The van der Waals surface area contributed by atoms with Gasteiger partial charge < -0.3 is 5.32 Å². The van der Waals surface area contributed by atoms with Gasteiger partial charge >= 0.3 is 0 Å². The first kappa shape index (κ1) is 15.9. The molecule has 0 saturated heterocycles. The molecule has 0 bridgehead atoms. The second-order valence-corrected chi connectivity index (χ2v) is 6.71. The normalized spacial score (nSPS) is 13.9. The molecule has 2 aromatic carbocycles. The minimum atomic E-state index is -0.998. The number of rotatable bonds is 6. The quantitative estimate of drug-likeness (QED) is 0.880. The Hall–Kier alpha value is -1.45. The second kappa shape index (κ2) is 7.53. The van der Waals surface area contributed by atoms with Gasteiger partial charge in [0.15, 0.2) is 0 Å². The first-order chi connectivity index (χ1) is 10.1. The van der Waals surface area contributed by atoms with Crippen molar-refractivity contribution in [2.75, 3.05) is 12.3 Å². The van der Waals surface area contributed by atoms with Crippen LogP contribution in [0, 0.1) is 13.8 Å². The molecular weight excluding hydrogens is 278 g/mol. The zero-order chi connectivity index (χ0) is 15.2. The van der Waals surface area contributed by atoms with Gasteiger partial charge in [-0.3, -0.25) is 4.21 Å². The van der Waals surface area contributed by atoms with E-state index in [1.807, 2.05) is 43.3 Å². The van der Waals surface area contributed by atoms with Crippen LogP contribution >= 0.6 is 0 Å². The average molecular weight is 301 g/mol. The Kier molecular flexibility index (Phi) is 5.71. The Morgan fingerprint density at radius 3 is 2.24 bits per heavy atom. The van der Waals surface area contributed by atoms with Crippen molar-refractivity contribution in [3.05, 3.63) is 65.2 Å². The lowest BCUT2D eigenvalue weighted by molar-refractivity contribution is 0.592. The highest BCUT2D eigenvalue weighted by Gasteiger charge is 2.17. The van der Waals surface area contributed by atoms with Crippen molar-refractivity contribution >= 4 is 10.8 Å². The predicted molar refractivity (Wildman–Crippen MR) is 90.1 cm³/mol. The van der Waals surface area contributed by atoms with Gasteiger partial charge in [0.25, 0.3) is 0 Å². The maximum absolute atomic E-state index is 12.7. The van der Waals surface area contributed by atoms with Crippen LogP contribution in [0.25, 0.3) is 0 Å². The van der Waals surface area contributed by atoms with Crippen LogP contribution in [0.1, 0.15) is 29.7 Å². The molecular formula is C18H23NOS. The van der Waals surface area contributed by atoms with Crippen molar-refractivity contribution in [1.82, 2.24) is 5.32 Å². The summed E-state index contributed by atoms with van der Waals surface area (Å²) in [5, 5.41) is 3.47. The summed E-state index contributed by atoms with van der Waals surface area (Å²) < 4.78 is 12.7. The molecule has 0 aliphatic heterocycles. The molecule has 0 aliphatic carbocycles. The SMILES string of the molecule is CCNC(CS(=O)c1ccccc1C)c1ccccc1C. The van der Waals surface area contributed by atoms with E-state index in [-0.39, 0.29) is 6.04 Å². The number of hydrogen-bond acceptors (Lipinski definition) is 2. The second-order valence-electron chi connectivity index (χ2n) is 5.24. The number of benzene rings is 2.